The van der Waals surface area contributed by atoms with E-state index < -0.39 is 0 Å². The lowest BCUT2D eigenvalue weighted by Crippen LogP contribution is -2.17. The van der Waals surface area contributed by atoms with Gasteiger partial charge in [0.1, 0.15) is 0 Å². The van der Waals surface area contributed by atoms with Crippen LogP contribution in [-0.4, -0.2) is 12.6 Å². The molecule has 0 aromatic carbocycles. The molecular formula is C9H14O2. The van der Waals surface area contributed by atoms with Crippen molar-refractivity contribution in [3.05, 3.63) is 12.7 Å². The zero-order chi connectivity index (χ0) is 8.48. The van der Waals surface area contributed by atoms with Crippen molar-refractivity contribution in [3.63, 3.8) is 0 Å². The second-order valence-electron chi connectivity index (χ2n) is 3.18. The number of carbonyl (C=O) groups is 1. The van der Waals surface area contributed by atoms with Crippen molar-refractivity contribution in [3.8, 4) is 0 Å². The van der Waals surface area contributed by atoms with Gasteiger partial charge in [-0.2, -0.15) is 0 Å². The van der Waals surface area contributed by atoms with Gasteiger partial charge in [-0.15, -0.1) is 6.58 Å². The van der Waals surface area contributed by atoms with Gasteiger partial charge in [-0.05, 0) is 26.2 Å². The Morgan fingerprint density at radius 3 is 2.91 bits per heavy atom. The van der Waals surface area contributed by atoms with E-state index in [1.165, 1.54) is 0 Å². The molecule has 11 heavy (non-hydrogen) atoms. The fourth-order valence-corrected chi connectivity index (χ4v) is 1.27. The molecule has 0 saturated heterocycles. The van der Waals surface area contributed by atoms with Crippen LogP contribution in [-0.2, 0) is 9.53 Å². The minimum atomic E-state index is -0.252. The average molecular weight is 154 g/mol. The highest BCUT2D eigenvalue weighted by Crippen LogP contribution is 2.53. The number of rotatable bonds is 3. The summed E-state index contributed by atoms with van der Waals surface area (Å²) in [6.07, 6.45) is 2.73. The Kier molecular flexibility index (Phi) is 2.03. The molecule has 2 atom stereocenters. The summed E-state index contributed by atoms with van der Waals surface area (Å²) in [5, 5.41) is 0. The number of hydrogen-bond donors (Lipinski definition) is 0. The van der Waals surface area contributed by atoms with Crippen LogP contribution in [0.25, 0.3) is 0 Å². The largest absolute Gasteiger partial charge is 0.466 e. The van der Waals surface area contributed by atoms with Crippen LogP contribution in [0.15, 0.2) is 12.7 Å². The Labute approximate surface area is 67.2 Å². The van der Waals surface area contributed by atoms with E-state index in [9.17, 15) is 4.79 Å². The van der Waals surface area contributed by atoms with Crippen molar-refractivity contribution in [1.82, 2.24) is 0 Å². The summed E-state index contributed by atoms with van der Waals surface area (Å²) in [6.45, 7) is 7.88. The van der Waals surface area contributed by atoms with E-state index in [4.69, 9.17) is 4.74 Å². The number of esters is 1. The summed E-state index contributed by atoms with van der Waals surface area (Å²) in [6, 6.07) is 0. The Balaban J connectivity index is 2.49. The fourth-order valence-electron chi connectivity index (χ4n) is 1.27. The first-order valence-electron chi connectivity index (χ1n) is 3.95. The molecule has 2 nitrogen and oxygen atoms in total. The van der Waals surface area contributed by atoms with Crippen LogP contribution in [0.2, 0.25) is 0 Å². The van der Waals surface area contributed by atoms with Crippen LogP contribution in [0.5, 0.6) is 0 Å². The molecule has 1 aliphatic carbocycles. The number of hydrogen-bond acceptors (Lipinski definition) is 2. The third-order valence-electron chi connectivity index (χ3n) is 2.33. The molecule has 0 radical (unpaired) electrons. The summed E-state index contributed by atoms with van der Waals surface area (Å²) in [5.41, 5.74) is -0.252. The molecule has 1 aliphatic rings. The molecule has 2 heteroatoms. The first-order valence-corrected chi connectivity index (χ1v) is 3.95. The van der Waals surface area contributed by atoms with Gasteiger partial charge in [0.05, 0.1) is 12.0 Å². The zero-order valence-corrected chi connectivity index (χ0v) is 7.09. The molecule has 0 unspecified atom stereocenters. The maximum Gasteiger partial charge on any atom is 0.312 e. The predicted octanol–water partition coefficient (Wildman–Crippen LogP) is 1.76. The van der Waals surface area contributed by atoms with E-state index in [-0.39, 0.29) is 11.4 Å². The smallest absolute Gasteiger partial charge is 0.312 e. The van der Waals surface area contributed by atoms with E-state index in [1.54, 1.807) is 0 Å². The topological polar surface area (TPSA) is 26.3 Å². The van der Waals surface area contributed by atoms with Crippen LogP contribution in [0.1, 0.15) is 20.3 Å². The van der Waals surface area contributed by atoms with Crippen molar-refractivity contribution in [2.45, 2.75) is 20.3 Å². The maximum absolute atomic E-state index is 11.2. The van der Waals surface area contributed by atoms with E-state index in [0.29, 0.717) is 12.5 Å². The van der Waals surface area contributed by atoms with Gasteiger partial charge in [-0.3, -0.25) is 4.79 Å². The molecule has 0 N–H and O–H groups in total. The van der Waals surface area contributed by atoms with Gasteiger partial charge >= 0.3 is 5.97 Å². The SMILES string of the molecule is C=C[C@@H]1C[C@@]1(C)C(=O)OCC. The van der Waals surface area contributed by atoms with E-state index in [0.717, 1.165) is 6.42 Å². The van der Waals surface area contributed by atoms with Crippen molar-refractivity contribution < 1.29 is 9.53 Å². The highest BCUT2D eigenvalue weighted by Gasteiger charge is 2.55. The molecule has 0 amide bonds. The molecule has 0 aromatic rings. The Morgan fingerprint density at radius 2 is 2.55 bits per heavy atom. The minimum absolute atomic E-state index is 0.0788. The van der Waals surface area contributed by atoms with Crippen molar-refractivity contribution in [2.24, 2.45) is 11.3 Å². The summed E-state index contributed by atoms with van der Waals surface area (Å²) < 4.78 is 4.91. The highest BCUT2D eigenvalue weighted by atomic mass is 16.5. The lowest BCUT2D eigenvalue weighted by Gasteiger charge is -2.07. The molecule has 0 bridgehead atoms. The van der Waals surface area contributed by atoms with E-state index >= 15 is 0 Å². The monoisotopic (exact) mass is 154 g/mol. The van der Waals surface area contributed by atoms with E-state index in [1.807, 2.05) is 19.9 Å². The first-order chi connectivity index (χ1) is 5.15. The molecular weight excluding hydrogens is 140 g/mol. The maximum atomic E-state index is 11.2. The molecule has 0 heterocycles. The van der Waals surface area contributed by atoms with Crippen molar-refractivity contribution in [1.29, 1.82) is 0 Å². The lowest BCUT2D eigenvalue weighted by atomic mass is 10.1. The third-order valence-corrected chi connectivity index (χ3v) is 2.33. The Hall–Kier alpha value is -0.790. The van der Waals surface area contributed by atoms with Gasteiger partial charge in [0.2, 0.25) is 0 Å². The van der Waals surface area contributed by atoms with Gasteiger partial charge in [0.15, 0.2) is 0 Å². The zero-order valence-electron chi connectivity index (χ0n) is 7.09. The fraction of sp³-hybridized carbons (Fsp3) is 0.667. The Bertz CT molecular complexity index is 186. The van der Waals surface area contributed by atoms with Gasteiger partial charge in [-0.25, -0.2) is 0 Å². The molecule has 0 spiro atoms. The predicted molar refractivity (Wildman–Crippen MR) is 43.0 cm³/mol. The molecule has 1 rings (SSSR count). The number of allylic oxidation sites excluding steroid dienone is 1. The van der Waals surface area contributed by atoms with Crippen molar-refractivity contribution in [2.75, 3.05) is 6.61 Å². The second-order valence-corrected chi connectivity index (χ2v) is 3.18. The average Bonchev–Trinajstić information content (AvgIpc) is 2.64. The normalized spacial score (nSPS) is 34.5. The standard InChI is InChI=1S/C9H14O2/c1-4-7-6-9(7,3)8(10)11-5-2/h4,7H,1,5-6H2,2-3H3/t7-,9-/m1/s1. The lowest BCUT2D eigenvalue weighted by molar-refractivity contribution is -0.149. The summed E-state index contributed by atoms with van der Waals surface area (Å²) in [4.78, 5) is 11.2. The number of carbonyl (C=O) groups excluding carboxylic acids is 1. The summed E-state index contributed by atoms with van der Waals surface area (Å²) >= 11 is 0. The van der Waals surface area contributed by atoms with Crippen LogP contribution in [0.3, 0.4) is 0 Å². The van der Waals surface area contributed by atoms with Gasteiger partial charge < -0.3 is 4.74 Å². The highest BCUT2D eigenvalue weighted by molar-refractivity contribution is 5.80. The van der Waals surface area contributed by atoms with Gasteiger partial charge in [0.25, 0.3) is 0 Å². The number of ether oxygens (including phenoxy) is 1. The quantitative estimate of drug-likeness (QED) is 0.457. The second kappa shape index (κ2) is 2.68. The molecule has 0 aromatic heterocycles. The van der Waals surface area contributed by atoms with Crippen molar-refractivity contribution >= 4 is 5.97 Å². The van der Waals surface area contributed by atoms with E-state index in [2.05, 4.69) is 6.58 Å². The third kappa shape index (κ3) is 1.30. The first kappa shape index (κ1) is 8.31. The summed E-state index contributed by atoms with van der Waals surface area (Å²) in [7, 11) is 0. The molecule has 62 valence electrons. The molecule has 1 saturated carbocycles. The molecule has 0 aliphatic heterocycles. The summed E-state index contributed by atoms with van der Waals surface area (Å²) in [5.74, 6) is 0.256. The van der Waals surface area contributed by atoms with Gasteiger partial charge in [0, 0.05) is 0 Å². The Morgan fingerprint density at radius 1 is 1.91 bits per heavy atom. The van der Waals surface area contributed by atoms with Crippen LogP contribution in [0.4, 0.5) is 0 Å². The van der Waals surface area contributed by atoms with Crippen LogP contribution >= 0.6 is 0 Å². The van der Waals surface area contributed by atoms with Crippen LogP contribution in [0, 0.1) is 11.3 Å². The minimum Gasteiger partial charge on any atom is -0.466 e. The van der Waals surface area contributed by atoms with Crippen LogP contribution < -0.4 is 0 Å². The molecule has 1 fully saturated rings. The van der Waals surface area contributed by atoms with Gasteiger partial charge in [-0.1, -0.05) is 6.08 Å².